The highest BCUT2D eigenvalue weighted by Crippen LogP contribution is 2.46. The molecule has 0 aromatic heterocycles. The maximum absolute atomic E-state index is 12.0. The van der Waals surface area contributed by atoms with Gasteiger partial charge in [-0.3, -0.25) is 0 Å². The van der Waals surface area contributed by atoms with Crippen molar-refractivity contribution in [1.29, 1.82) is 0 Å². The molecule has 1 saturated carbocycles. The van der Waals surface area contributed by atoms with E-state index in [2.05, 4.69) is 17.0 Å². The van der Waals surface area contributed by atoms with Gasteiger partial charge in [0.15, 0.2) is 0 Å². The molecule has 1 aliphatic heterocycles. The standard InChI is InChI=1S/C36H41ClN2O6S/c37-29-13-15-31-25(18-29)9-5-17-36(31)22-39(32-19-26(35(41)42)12-16-34(32)45-23-36)20-27-11-14-30(27)33(40)10-4-8-28(21-46(38,43)44)24-6-2-1-3-7-24/h1-4,6-7,10,12-13,15-16,18-19,27-28,30,33,40H,5,8-9,11,14,17,20-23H2,(H,41,42)(H2,38,43,44)/b10-4+/t27-,28-,30+,33-,36-/m0/s1. The molecule has 244 valence electrons. The molecule has 46 heavy (non-hydrogen) atoms. The molecule has 2 aliphatic carbocycles. The number of halogens is 1. The van der Waals surface area contributed by atoms with Crippen molar-refractivity contribution in [2.75, 3.05) is 30.3 Å². The van der Waals surface area contributed by atoms with Crippen LogP contribution in [0.3, 0.4) is 0 Å². The molecular formula is C36H41ClN2O6S. The molecule has 5 atom stereocenters. The Balaban J connectivity index is 1.22. The van der Waals surface area contributed by atoms with Gasteiger partial charge in [0.25, 0.3) is 0 Å². The average molecular weight is 665 g/mol. The Bertz CT molecular complexity index is 1710. The number of anilines is 1. The molecule has 0 saturated heterocycles. The lowest BCUT2D eigenvalue weighted by atomic mass is 9.68. The van der Waals surface area contributed by atoms with E-state index in [1.54, 1.807) is 24.3 Å². The predicted octanol–water partition coefficient (Wildman–Crippen LogP) is 5.92. The quantitative estimate of drug-likeness (QED) is 0.230. The number of hydrogen-bond donors (Lipinski definition) is 3. The number of ether oxygens (including phenoxy) is 1. The number of aromatic carboxylic acids is 1. The maximum Gasteiger partial charge on any atom is 0.335 e. The maximum atomic E-state index is 12.0. The number of carboxylic acids is 1. The molecule has 3 aromatic carbocycles. The van der Waals surface area contributed by atoms with Crippen LogP contribution < -0.4 is 14.8 Å². The molecule has 0 amide bonds. The Labute approximate surface area is 275 Å². The molecule has 0 unspecified atom stereocenters. The first-order chi connectivity index (χ1) is 22.0. The molecule has 3 aromatic rings. The van der Waals surface area contributed by atoms with Gasteiger partial charge in [0, 0.05) is 29.4 Å². The van der Waals surface area contributed by atoms with Crippen molar-refractivity contribution in [2.45, 2.75) is 56.0 Å². The van der Waals surface area contributed by atoms with Crippen molar-refractivity contribution < 1.29 is 28.2 Å². The summed E-state index contributed by atoms with van der Waals surface area (Å²) in [5.41, 5.74) is 4.05. The van der Waals surface area contributed by atoms with Gasteiger partial charge in [-0.25, -0.2) is 18.4 Å². The summed E-state index contributed by atoms with van der Waals surface area (Å²) in [5, 5.41) is 27.2. The summed E-state index contributed by atoms with van der Waals surface area (Å²) in [7, 11) is -3.68. The van der Waals surface area contributed by atoms with E-state index < -0.39 is 22.1 Å². The van der Waals surface area contributed by atoms with Crippen molar-refractivity contribution in [3.63, 3.8) is 0 Å². The summed E-state index contributed by atoms with van der Waals surface area (Å²) >= 11 is 6.38. The molecule has 0 bridgehead atoms. The third-order valence-corrected chi connectivity index (χ3v) is 11.2. The SMILES string of the molecule is NS(=O)(=O)C[C@H](C/C=C/[C@H](O)[C@@H]1CC[C@H]1CN1C[C@@]2(CCCc3cc(Cl)ccc32)COc2ccc(C(=O)O)cc21)c1ccccc1. The summed E-state index contributed by atoms with van der Waals surface area (Å²) in [6.45, 7) is 1.80. The molecule has 10 heteroatoms. The second kappa shape index (κ2) is 13.4. The van der Waals surface area contributed by atoms with E-state index in [0.717, 1.165) is 48.4 Å². The highest BCUT2D eigenvalue weighted by Gasteiger charge is 2.44. The third-order valence-electron chi connectivity index (χ3n) is 10.1. The van der Waals surface area contributed by atoms with E-state index >= 15 is 0 Å². The van der Waals surface area contributed by atoms with Crippen molar-refractivity contribution >= 4 is 33.3 Å². The van der Waals surface area contributed by atoms with Gasteiger partial charge in [0.1, 0.15) is 5.75 Å². The smallest absolute Gasteiger partial charge is 0.335 e. The Morgan fingerprint density at radius 2 is 1.93 bits per heavy atom. The Morgan fingerprint density at radius 3 is 2.65 bits per heavy atom. The van der Waals surface area contributed by atoms with Crippen LogP contribution in [0.4, 0.5) is 5.69 Å². The number of fused-ring (bicyclic) bond motifs is 3. The van der Waals surface area contributed by atoms with Gasteiger partial charge in [-0.05, 0) is 97.4 Å². The van der Waals surface area contributed by atoms with Gasteiger partial charge in [0.2, 0.25) is 10.0 Å². The summed E-state index contributed by atoms with van der Waals surface area (Å²) in [6, 6.07) is 20.6. The van der Waals surface area contributed by atoms with Crippen LogP contribution in [0.1, 0.15) is 65.1 Å². The number of primary sulfonamides is 1. The van der Waals surface area contributed by atoms with Gasteiger partial charge < -0.3 is 19.8 Å². The molecule has 0 radical (unpaired) electrons. The molecule has 8 nitrogen and oxygen atoms in total. The summed E-state index contributed by atoms with van der Waals surface area (Å²) in [4.78, 5) is 14.2. The van der Waals surface area contributed by atoms with Crippen LogP contribution >= 0.6 is 11.6 Å². The molecule has 1 heterocycles. The first-order valence-corrected chi connectivity index (χ1v) is 18.0. The predicted molar refractivity (Wildman–Crippen MR) is 180 cm³/mol. The highest BCUT2D eigenvalue weighted by molar-refractivity contribution is 7.89. The third kappa shape index (κ3) is 7.13. The molecule has 1 fully saturated rings. The largest absolute Gasteiger partial charge is 0.490 e. The normalized spacial score (nSPS) is 23.9. The molecule has 6 rings (SSSR count). The van der Waals surface area contributed by atoms with Crippen LogP contribution in [-0.4, -0.2) is 56.2 Å². The number of nitrogens with two attached hydrogens (primary N) is 1. The minimum atomic E-state index is -3.68. The molecular weight excluding hydrogens is 624 g/mol. The molecule has 4 N–H and O–H groups in total. The lowest BCUT2D eigenvalue weighted by Crippen LogP contribution is -2.49. The van der Waals surface area contributed by atoms with E-state index in [1.165, 1.54) is 11.1 Å². The van der Waals surface area contributed by atoms with E-state index in [-0.39, 0.29) is 34.5 Å². The second-order valence-corrected chi connectivity index (χ2v) is 15.3. The fourth-order valence-electron chi connectivity index (χ4n) is 7.63. The number of sulfonamides is 1. The van der Waals surface area contributed by atoms with Crippen LogP contribution in [0.25, 0.3) is 0 Å². The van der Waals surface area contributed by atoms with Crippen LogP contribution in [0.2, 0.25) is 5.02 Å². The highest BCUT2D eigenvalue weighted by atomic mass is 35.5. The fraction of sp³-hybridized carbons (Fsp3) is 0.417. The zero-order valence-electron chi connectivity index (χ0n) is 25.7. The Hall–Kier alpha value is -3.37. The first kappa shape index (κ1) is 32.6. The minimum absolute atomic E-state index is 0.0216. The number of benzene rings is 3. The molecule has 1 spiro atoms. The number of rotatable bonds is 10. The number of nitrogens with zero attached hydrogens (tertiary/aromatic N) is 1. The van der Waals surface area contributed by atoms with Gasteiger partial charge in [0.05, 0.1) is 29.7 Å². The van der Waals surface area contributed by atoms with E-state index in [0.29, 0.717) is 31.9 Å². The number of allylic oxidation sites excluding steroid dienone is 1. The minimum Gasteiger partial charge on any atom is -0.490 e. The topological polar surface area (TPSA) is 130 Å². The monoisotopic (exact) mass is 664 g/mol. The van der Waals surface area contributed by atoms with Gasteiger partial charge >= 0.3 is 5.97 Å². The lowest BCUT2D eigenvalue weighted by Gasteiger charge is -2.45. The molecule has 3 aliphatic rings. The Morgan fingerprint density at radius 1 is 1.13 bits per heavy atom. The summed E-state index contributed by atoms with van der Waals surface area (Å²) < 4.78 is 30.3. The van der Waals surface area contributed by atoms with E-state index in [1.807, 2.05) is 42.5 Å². The Kier molecular flexibility index (Phi) is 9.48. The zero-order valence-corrected chi connectivity index (χ0v) is 27.3. The number of carbonyl (C=O) groups is 1. The average Bonchev–Trinajstić information content (AvgIpc) is 3.15. The number of aryl methyl sites for hydroxylation is 1. The van der Waals surface area contributed by atoms with Gasteiger partial charge in [-0.15, -0.1) is 0 Å². The van der Waals surface area contributed by atoms with Crippen LogP contribution in [-0.2, 0) is 21.9 Å². The van der Waals surface area contributed by atoms with Crippen molar-refractivity contribution in [3.8, 4) is 5.75 Å². The summed E-state index contributed by atoms with van der Waals surface area (Å²) in [5.74, 6) is -0.598. The van der Waals surface area contributed by atoms with Crippen LogP contribution in [0.15, 0.2) is 78.9 Å². The van der Waals surface area contributed by atoms with Gasteiger partial charge in [-0.2, -0.15) is 0 Å². The second-order valence-electron chi connectivity index (χ2n) is 13.2. The van der Waals surface area contributed by atoms with Crippen molar-refractivity contribution in [3.05, 3.63) is 106 Å². The van der Waals surface area contributed by atoms with Crippen LogP contribution in [0.5, 0.6) is 5.75 Å². The number of aliphatic hydroxyl groups excluding tert-OH is 1. The van der Waals surface area contributed by atoms with Crippen molar-refractivity contribution in [2.24, 2.45) is 17.0 Å². The van der Waals surface area contributed by atoms with E-state index in [4.69, 9.17) is 21.5 Å². The van der Waals surface area contributed by atoms with E-state index in [9.17, 15) is 23.4 Å². The zero-order chi connectivity index (χ0) is 32.5. The van der Waals surface area contributed by atoms with Crippen LogP contribution in [0, 0.1) is 11.8 Å². The number of hydrogen-bond acceptors (Lipinski definition) is 6. The van der Waals surface area contributed by atoms with Crippen molar-refractivity contribution in [1.82, 2.24) is 0 Å². The first-order valence-electron chi connectivity index (χ1n) is 16.0. The fourth-order valence-corrected chi connectivity index (χ4v) is 8.72. The number of carboxylic acid groups (broad SMARTS) is 1. The lowest BCUT2D eigenvalue weighted by molar-refractivity contribution is 0.0456. The number of aliphatic hydroxyl groups is 1. The summed E-state index contributed by atoms with van der Waals surface area (Å²) in [6.07, 6.45) is 8.13. The van der Waals surface area contributed by atoms with Gasteiger partial charge in [-0.1, -0.05) is 60.2 Å².